The Bertz CT molecular complexity index is 374. The van der Waals surface area contributed by atoms with E-state index in [2.05, 4.69) is 33.1 Å². The third kappa shape index (κ3) is 2.89. The van der Waals surface area contributed by atoms with Gasteiger partial charge in [-0.15, -0.1) is 0 Å². The van der Waals surface area contributed by atoms with Crippen molar-refractivity contribution < 1.29 is 8.42 Å². The van der Waals surface area contributed by atoms with Gasteiger partial charge >= 0.3 is 0 Å². The molecule has 5 heteroatoms. The highest BCUT2D eigenvalue weighted by Gasteiger charge is 2.66. The summed E-state index contributed by atoms with van der Waals surface area (Å²) in [6.45, 7) is 10.7. The van der Waals surface area contributed by atoms with E-state index in [-0.39, 0.29) is 28.4 Å². The van der Waals surface area contributed by atoms with Gasteiger partial charge in [0.05, 0.1) is 5.75 Å². The summed E-state index contributed by atoms with van der Waals surface area (Å²) in [6.07, 6.45) is 1.51. The molecular formula is C13H28N2O2S. The first-order valence-electron chi connectivity index (χ1n) is 6.76. The number of nitrogens with one attached hydrogen (secondary N) is 1. The normalized spacial score (nSPS) is 23.9. The third-order valence-electron chi connectivity index (χ3n) is 5.16. The van der Waals surface area contributed by atoms with E-state index in [9.17, 15) is 8.42 Å². The van der Waals surface area contributed by atoms with E-state index in [0.29, 0.717) is 12.3 Å². The first-order valence-corrected chi connectivity index (χ1v) is 8.59. The molecule has 0 spiro atoms. The number of hydrogen-bond acceptors (Lipinski definition) is 4. The smallest absolute Gasteiger partial charge is 0.150 e. The summed E-state index contributed by atoms with van der Waals surface area (Å²) in [5.41, 5.74) is 3.43. The summed E-state index contributed by atoms with van der Waals surface area (Å²) in [6, 6.07) is 0.210. The number of hydrazine groups is 1. The number of sulfone groups is 1. The van der Waals surface area contributed by atoms with Gasteiger partial charge in [0.1, 0.15) is 9.84 Å². The zero-order valence-electron chi connectivity index (χ0n) is 12.3. The second-order valence-corrected chi connectivity index (χ2v) is 9.05. The van der Waals surface area contributed by atoms with Crippen LogP contribution >= 0.6 is 0 Å². The summed E-state index contributed by atoms with van der Waals surface area (Å²) in [5, 5.41) is 0. The van der Waals surface area contributed by atoms with Crippen LogP contribution in [0, 0.1) is 16.7 Å². The largest absolute Gasteiger partial charge is 0.271 e. The monoisotopic (exact) mass is 276 g/mol. The van der Waals surface area contributed by atoms with Crippen LogP contribution in [0.5, 0.6) is 0 Å². The number of nitrogens with two attached hydrogens (primary N) is 1. The van der Waals surface area contributed by atoms with Crippen LogP contribution < -0.4 is 11.3 Å². The molecule has 1 unspecified atom stereocenters. The summed E-state index contributed by atoms with van der Waals surface area (Å²) >= 11 is 0. The molecule has 0 radical (unpaired) electrons. The molecule has 1 saturated carbocycles. The second kappa shape index (κ2) is 5.10. The van der Waals surface area contributed by atoms with Crippen molar-refractivity contribution >= 4 is 9.84 Å². The van der Waals surface area contributed by atoms with Gasteiger partial charge in [-0.2, -0.15) is 0 Å². The van der Waals surface area contributed by atoms with Crippen molar-refractivity contribution in [3.8, 4) is 0 Å². The zero-order chi connectivity index (χ0) is 14.2. The molecule has 0 amide bonds. The van der Waals surface area contributed by atoms with Gasteiger partial charge < -0.3 is 0 Å². The topological polar surface area (TPSA) is 72.2 Å². The van der Waals surface area contributed by atoms with E-state index in [1.807, 2.05) is 0 Å². The second-order valence-electron chi connectivity index (χ2n) is 6.57. The lowest BCUT2D eigenvalue weighted by Crippen LogP contribution is -2.39. The van der Waals surface area contributed by atoms with Crippen molar-refractivity contribution in [3.63, 3.8) is 0 Å². The molecule has 0 aromatic carbocycles. The Balaban J connectivity index is 2.51. The molecule has 108 valence electrons. The maximum atomic E-state index is 11.5. The fraction of sp³-hybridized carbons (Fsp3) is 1.00. The predicted octanol–water partition coefficient (Wildman–Crippen LogP) is 1.72. The lowest BCUT2D eigenvalue weighted by molar-refractivity contribution is 0.380. The Morgan fingerprint density at radius 3 is 2.06 bits per heavy atom. The van der Waals surface area contributed by atoms with Crippen LogP contribution in [0.4, 0.5) is 0 Å². The van der Waals surface area contributed by atoms with Crippen LogP contribution in [0.1, 0.15) is 47.5 Å². The summed E-state index contributed by atoms with van der Waals surface area (Å²) in [4.78, 5) is 0. The standard InChI is InChI=1S/C13H28N2O2S/c1-6-18(16,17)9-7-8-10(15-14)11-12(2,3)13(11,4)5/h10-11,15H,6-9,14H2,1-5H3. The molecule has 0 aromatic heterocycles. The summed E-state index contributed by atoms with van der Waals surface area (Å²) < 4.78 is 22.9. The molecular weight excluding hydrogens is 248 g/mol. The van der Waals surface area contributed by atoms with E-state index in [0.717, 1.165) is 6.42 Å². The lowest BCUT2D eigenvalue weighted by atomic mass is 10.0. The molecule has 1 aliphatic rings. The Morgan fingerprint density at radius 2 is 1.72 bits per heavy atom. The van der Waals surface area contributed by atoms with Gasteiger partial charge in [0.2, 0.25) is 0 Å². The first kappa shape index (κ1) is 15.9. The fourth-order valence-electron chi connectivity index (χ4n) is 3.27. The highest BCUT2D eigenvalue weighted by molar-refractivity contribution is 7.91. The molecule has 18 heavy (non-hydrogen) atoms. The van der Waals surface area contributed by atoms with Gasteiger partial charge in [-0.05, 0) is 29.6 Å². The average Bonchev–Trinajstić information content (AvgIpc) is 2.66. The minimum absolute atomic E-state index is 0.210. The molecule has 1 aliphatic carbocycles. The minimum atomic E-state index is -2.85. The highest BCUT2D eigenvalue weighted by Crippen LogP contribution is 2.69. The molecule has 0 aromatic rings. The van der Waals surface area contributed by atoms with Crippen molar-refractivity contribution in [2.24, 2.45) is 22.6 Å². The Kier molecular flexibility index (Phi) is 4.51. The zero-order valence-corrected chi connectivity index (χ0v) is 13.1. The molecule has 1 rings (SSSR count). The maximum Gasteiger partial charge on any atom is 0.150 e. The van der Waals surface area contributed by atoms with Crippen LogP contribution in [-0.2, 0) is 9.84 Å². The van der Waals surface area contributed by atoms with Crippen LogP contribution in [0.3, 0.4) is 0 Å². The Hall–Kier alpha value is -0.130. The molecule has 0 aliphatic heterocycles. The number of hydrogen-bond donors (Lipinski definition) is 2. The van der Waals surface area contributed by atoms with Gasteiger partial charge in [0, 0.05) is 11.8 Å². The average molecular weight is 276 g/mol. The summed E-state index contributed by atoms with van der Waals surface area (Å²) in [5.74, 6) is 6.66. The quantitative estimate of drug-likeness (QED) is 0.548. The van der Waals surface area contributed by atoms with Crippen molar-refractivity contribution in [1.82, 2.24) is 5.43 Å². The molecule has 0 saturated heterocycles. The maximum absolute atomic E-state index is 11.5. The molecule has 0 heterocycles. The molecule has 3 N–H and O–H groups in total. The van der Waals surface area contributed by atoms with Gasteiger partial charge in [0.15, 0.2) is 0 Å². The summed E-state index contributed by atoms with van der Waals surface area (Å²) in [7, 11) is -2.85. The van der Waals surface area contributed by atoms with Gasteiger partial charge in [0.25, 0.3) is 0 Å². The van der Waals surface area contributed by atoms with Gasteiger partial charge in [-0.3, -0.25) is 11.3 Å². The Morgan fingerprint density at radius 1 is 1.22 bits per heavy atom. The molecule has 1 fully saturated rings. The van der Waals surface area contributed by atoms with Gasteiger partial charge in [-0.1, -0.05) is 34.6 Å². The van der Waals surface area contributed by atoms with Crippen molar-refractivity contribution in [2.45, 2.75) is 53.5 Å². The van der Waals surface area contributed by atoms with Crippen LogP contribution in [0.15, 0.2) is 0 Å². The van der Waals surface area contributed by atoms with Crippen LogP contribution in [0.2, 0.25) is 0 Å². The van der Waals surface area contributed by atoms with E-state index in [1.54, 1.807) is 6.92 Å². The van der Waals surface area contributed by atoms with Crippen molar-refractivity contribution in [3.05, 3.63) is 0 Å². The van der Waals surface area contributed by atoms with Crippen LogP contribution in [-0.4, -0.2) is 26.0 Å². The fourth-order valence-corrected chi connectivity index (χ4v) is 4.16. The SMILES string of the molecule is CCS(=O)(=O)CCCC(NN)C1C(C)(C)C1(C)C. The van der Waals surface area contributed by atoms with E-state index < -0.39 is 9.84 Å². The number of rotatable bonds is 7. The Labute approximate surface area is 112 Å². The predicted molar refractivity (Wildman–Crippen MR) is 75.7 cm³/mol. The van der Waals surface area contributed by atoms with Crippen LogP contribution in [0.25, 0.3) is 0 Å². The van der Waals surface area contributed by atoms with E-state index in [1.165, 1.54) is 0 Å². The lowest BCUT2D eigenvalue weighted by Gasteiger charge is -2.18. The minimum Gasteiger partial charge on any atom is -0.271 e. The molecule has 4 nitrogen and oxygen atoms in total. The van der Waals surface area contributed by atoms with Gasteiger partial charge in [-0.25, -0.2) is 8.42 Å². The highest BCUT2D eigenvalue weighted by atomic mass is 32.2. The van der Waals surface area contributed by atoms with Crippen molar-refractivity contribution in [1.29, 1.82) is 0 Å². The van der Waals surface area contributed by atoms with E-state index >= 15 is 0 Å². The third-order valence-corrected chi connectivity index (χ3v) is 6.95. The van der Waals surface area contributed by atoms with E-state index in [4.69, 9.17) is 5.84 Å². The molecule has 0 bridgehead atoms. The first-order chi connectivity index (χ1) is 8.10. The molecule has 1 atom stereocenters. The van der Waals surface area contributed by atoms with Crippen molar-refractivity contribution in [2.75, 3.05) is 11.5 Å².